The number of aromatic nitrogens is 5. The zero-order valence-corrected chi connectivity index (χ0v) is 38.6. The van der Waals surface area contributed by atoms with Gasteiger partial charge in [-0.15, -0.1) is 54.1 Å². The molecular weight excluding hydrogens is 919 g/mol. The molecule has 0 spiro atoms. The molecule has 0 N–H and O–H groups in total. The van der Waals surface area contributed by atoms with Crippen LogP contribution in [0.5, 0.6) is 0 Å². The third kappa shape index (κ3) is 8.49. The van der Waals surface area contributed by atoms with Crippen molar-refractivity contribution in [1.82, 2.24) is 24.5 Å². The number of pyridine rings is 3. The number of imidazole rings is 1. The molecule has 5 aromatic heterocycles. The summed E-state index contributed by atoms with van der Waals surface area (Å²) in [5.74, 6) is 0.757. The molecule has 0 bridgehead atoms. The SMILES string of the molecule is CC(C)(C)Cc1cc(-c2[c-]cccc2)ncc1[Si](C)(C)C.Cc1cc2c(nc1C)oc1c(-c3nc4c(C)nccc4n3-c3ccccc3-c3ccccc3)[c-]ccc12.[Ir]. The van der Waals surface area contributed by atoms with Crippen LogP contribution >= 0.6 is 0 Å². The number of fused-ring (bicyclic) bond motifs is 4. The summed E-state index contributed by atoms with van der Waals surface area (Å²) in [6, 6.07) is 44.1. The maximum absolute atomic E-state index is 6.39. The number of rotatable bonds is 6. The number of para-hydroxylation sites is 1. The van der Waals surface area contributed by atoms with E-state index in [4.69, 9.17) is 19.4 Å². The number of nitrogens with zero attached hydrogens (tertiary/aromatic N) is 5. The minimum Gasteiger partial charge on any atom is -0.486 e. The molecule has 9 rings (SSSR count). The van der Waals surface area contributed by atoms with Gasteiger partial charge in [0, 0.05) is 54.8 Å². The normalized spacial score (nSPS) is 11.7. The predicted molar refractivity (Wildman–Crippen MR) is 243 cm³/mol. The first-order valence-corrected chi connectivity index (χ1v) is 23.4. The first-order valence-electron chi connectivity index (χ1n) is 19.9. The van der Waals surface area contributed by atoms with Gasteiger partial charge >= 0.3 is 0 Å². The van der Waals surface area contributed by atoms with Gasteiger partial charge in [0.25, 0.3) is 0 Å². The Labute approximate surface area is 362 Å². The van der Waals surface area contributed by atoms with Gasteiger partial charge in [-0.1, -0.05) is 112 Å². The second kappa shape index (κ2) is 16.6. The van der Waals surface area contributed by atoms with Gasteiger partial charge in [-0.25, -0.2) is 4.98 Å². The molecule has 5 heterocycles. The first-order chi connectivity index (χ1) is 27.8. The fourth-order valence-electron chi connectivity index (χ4n) is 7.68. The Bertz CT molecular complexity index is 2920. The van der Waals surface area contributed by atoms with Crippen LogP contribution in [0.3, 0.4) is 0 Å². The van der Waals surface area contributed by atoms with E-state index in [0.29, 0.717) is 5.71 Å². The van der Waals surface area contributed by atoms with Gasteiger partial charge in [-0.05, 0) is 72.8 Å². The minimum absolute atomic E-state index is 0. The fourth-order valence-corrected chi connectivity index (χ4v) is 9.26. The van der Waals surface area contributed by atoms with Gasteiger partial charge in [-0.2, -0.15) is 0 Å². The molecule has 6 nitrogen and oxygen atoms in total. The van der Waals surface area contributed by atoms with Crippen molar-refractivity contribution < 1.29 is 24.5 Å². The molecule has 0 saturated carbocycles. The standard InChI is InChI=1S/C32H23N4O.C19H26NSi.Ir/c1-19-18-26-24-13-9-14-25(30(24)37-32(26)34-20(19)2)31-35-29-21(3)33-17-16-28(29)36(31)27-15-8-7-12-23(27)22-10-5-4-6-11-22;1-19(2,3)13-16-12-17(15-10-8-7-9-11-15)20-14-18(16)21(4,5)6;/h4-13,15-18H,1-3H3;7-10,12,14H,13H2,1-6H3;/q2*-1;. The molecule has 9 aromatic rings. The van der Waals surface area contributed by atoms with Crippen molar-refractivity contribution in [3.05, 3.63) is 156 Å². The second-order valence-electron chi connectivity index (χ2n) is 17.3. The molecule has 0 aliphatic heterocycles. The van der Waals surface area contributed by atoms with Gasteiger partial charge < -0.3 is 14.0 Å². The summed E-state index contributed by atoms with van der Waals surface area (Å²) in [7, 11) is -1.37. The largest absolute Gasteiger partial charge is 0.486 e. The van der Waals surface area contributed by atoms with Gasteiger partial charge in [0.2, 0.25) is 5.71 Å². The molecule has 8 heteroatoms. The average Bonchev–Trinajstić information content (AvgIpc) is 3.77. The van der Waals surface area contributed by atoms with Crippen molar-refractivity contribution in [1.29, 1.82) is 0 Å². The summed E-state index contributed by atoms with van der Waals surface area (Å²) < 4.78 is 8.60. The fraction of sp³-hybridized carbons (Fsp3) is 0.216. The van der Waals surface area contributed by atoms with Crippen molar-refractivity contribution in [3.8, 4) is 39.5 Å². The number of furan rings is 1. The monoisotopic (exact) mass is 968 g/mol. The molecule has 59 heavy (non-hydrogen) atoms. The Morgan fingerprint density at radius 2 is 1.49 bits per heavy atom. The molecular formula is C51H49IrN5OSi-2. The molecule has 4 aromatic carbocycles. The zero-order valence-electron chi connectivity index (χ0n) is 35.2. The van der Waals surface area contributed by atoms with E-state index < -0.39 is 8.07 Å². The van der Waals surface area contributed by atoms with E-state index in [0.717, 1.165) is 90.2 Å². The van der Waals surface area contributed by atoms with Crippen LogP contribution in [0, 0.1) is 38.3 Å². The number of hydrogen-bond donors (Lipinski definition) is 0. The Balaban J connectivity index is 0.000000206. The first kappa shape index (κ1) is 41.6. The van der Waals surface area contributed by atoms with Gasteiger partial charge in [0.1, 0.15) is 0 Å². The molecule has 0 aliphatic carbocycles. The number of benzene rings is 4. The Morgan fingerprint density at radius 3 is 2.22 bits per heavy atom. The van der Waals surface area contributed by atoms with E-state index in [1.807, 2.05) is 62.5 Å². The van der Waals surface area contributed by atoms with Crippen LogP contribution in [-0.4, -0.2) is 32.6 Å². The predicted octanol–water partition coefficient (Wildman–Crippen LogP) is 12.5. The maximum Gasteiger partial charge on any atom is 0.216 e. The molecule has 0 amide bonds. The van der Waals surface area contributed by atoms with Crippen molar-refractivity contribution in [2.24, 2.45) is 5.41 Å². The Kier molecular flexibility index (Phi) is 11.7. The van der Waals surface area contributed by atoms with Crippen LogP contribution in [0.2, 0.25) is 19.6 Å². The maximum atomic E-state index is 6.39. The topological polar surface area (TPSA) is 69.6 Å². The van der Waals surface area contributed by atoms with E-state index in [2.05, 4.69) is 142 Å². The third-order valence-corrected chi connectivity index (χ3v) is 12.6. The minimum atomic E-state index is -1.37. The summed E-state index contributed by atoms with van der Waals surface area (Å²) >= 11 is 0. The van der Waals surface area contributed by atoms with Gasteiger partial charge in [0.05, 0.1) is 36.2 Å². The average molecular weight is 968 g/mol. The Morgan fingerprint density at radius 1 is 0.746 bits per heavy atom. The van der Waals surface area contributed by atoms with Crippen LogP contribution in [-0.2, 0) is 26.5 Å². The molecule has 1 radical (unpaired) electrons. The van der Waals surface area contributed by atoms with Crippen LogP contribution in [0.1, 0.15) is 43.3 Å². The number of aryl methyl sites for hydroxylation is 3. The summed E-state index contributed by atoms with van der Waals surface area (Å²) in [6.45, 7) is 20.2. The second-order valence-corrected chi connectivity index (χ2v) is 22.4. The smallest absolute Gasteiger partial charge is 0.216 e. The third-order valence-electron chi connectivity index (χ3n) is 10.6. The van der Waals surface area contributed by atoms with Crippen LogP contribution in [0.15, 0.2) is 126 Å². The molecule has 299 valence electrons. The van der Waals surface area contributed by atoms with Gasteiger partial charge in [0.15, 0.2) is 0 Å². The van der Waals surface area contributed by atoms with Gasteiger partial charge in [-0.3, -0.25) is 9.97 Å². The van der Waals surface area contributed by atoms with E-state index in [-0.39, 0.29) is 25.5 Å². The Hall–Kier alpha value is -5.53. The van der Waals surface area contributed by atoms with Crippen molar-refractivity contribution in [2.45, 2.75) is 67.6 Å². The molecule has 0 saturated heterocycles. The quantitative estimate of drug-likeness (QED) is 0.123. The summed E-state index contributed by atoms with van der Waals surface area (Å²) in [4.78, 5) is 19.1. The number of hydrogen-bond acceptors (Lipinski definition) is 5. The van der Waals surface area contributed by atoms with Crippen LogP contribution < -0.4 is 5.19 Å². The molecule has 0 unspecified atom stereocenters. The van der Waals surface area contributed by atoms with Crippen molar-refractivity contribution in [3.63, 3.8) is 0 Å². The van der Waals surface area contributed by atoms with Crippen molar-refractivity contribution in [2.75, 3.05) is 0 Å². The summed E-state index contributed by atoms with van der Waals surface area (Å²) in [6.07, 6.45) is 5.05. The summed E-state index contributed by atoms with van der Waals surface area (Å²) in [5, 5.41) is 3.49. The zero-order chi connectivity index (χ0) is 40.8. The van der Waals surface area contributed by atoms with Crippen LogP contribution in [0.4, 0.5) is 0 Å². The summed E-state index contributed by atoms with van der Waals surface area (Å²) in [5.41, 5.74) is 14.1. The van der Waals surface area contributed by atoms with Crippen LogP contribution in [0.25, 0.3) is 72.6 Å². The van der Waals surface area contributed by atoms with E-state index in [1.165, 1.54) is 10.8 Å². The van der Waals surface area contributed by atoms with E-state index in [1.54, 1.807) is 0 Å². The van der Waals surface area contributed by atoms with Crippen molar-refractivity contribution >= 4 is 46.4 Å². The molecule has 0 aliphatic rings. The molecule has 0 atom stereocenters. The van der Waals surface area contributed by atoms with E-state index in [9.17, 15) is 0 Å². The molecule has 0 fully saturated rings. The van der Waals surface area contributed by atoms with E-state index >= 15 is 0 Å².